The molecular formula is C20H28N4O2. The number of fused-ring (bicyclic) bond motifs is 1. The van der Waals surface area contributed by atoms with Gasteiger partial charge in [0.25, 0.3) is 0 Å². The molecule has 140 valence electrons. The average Bonchev–Trinajstić information content (AvgIpc) is 2.88. The highest BCUT2D eigenvalue weighted by Gasteiger charge is 2.41. The van der Waals surface area contributed by atoms with E-state index in [9.17, 15) is 4.79 Å². The summed E-state index contributed by atoms with van der Waals surface area (Å²) in [5, 5.41) is 0. The molecule has 0 fully saturated rings. The van der Waals surface area contributed by atoms with E-state index in [1.165, 1.54) is 0 Å². The smallest absolute Gasteiger partial charge is 0.328 e. The Morgan fingerprint density at radius 2 is 2.08 bits per heavy atom. The largest absolute Gasteiger partial charge is 0.373 e. The second-order valence-electron chi connectivity index (χ2n) is 8.48. The molecule has 3 rings (SSSR count). The highest BCUT2D eigenvalue weighted by atomic mass is 16.5. The fraction of sp³-hybridized carbons (Fsp3) is 0.550. The zero-order chi connectivity index (χ0) is 19.1. The minimum atomic E-state index is -0.484. The maximum atomic E-state index is 12.4. The lowest BCUT2D eigenvalue weighted by molar-refractivity contribution is -0.0195. The first-order valence-electron chi connectivity index (χ1n) is 9.04. The van der Waals surface area contributed by atoms with E-state index >= 15 is 0 Å². The summed E-state index contributed by atoms with van der Waals surface area (Å²) in [4.78, 5) is 24.5. The van der Waals surface area contributed by atoms with E-state index in [4.69, 9.17) is 9.72 Å². The predicted molar refractivity (Wildman–Crippen MR) is 103 cm³/mol. The van der Waals surface area contributed by atoms with Crippen molar-refractivity contribution in [3.63, 3.8) is 0 Å². The van der Waals surface area contributed by atoms with Gasteiger partial charge in [0.05, 0.1) is 17.8 Å². The molecule has 1 aliphatic carbocycles. The summed E-state index contributed by atoms with van der Waals surface area (Å²) in [6.45, 7) is 11.1. The van der Waals surface area contributed by atoms with E-state index in [0.717, 1.165) is 5.69 Å². The topological polar surface area (TPSA) is 72.8 Å². The molecule has 2 atom stereocenters. The van der Waals surface area contributed by atoms with E-state index in [2.05, 4.69) is 56.7 Å². The monoisotopic (exact) mass is 356 g/mol. The second kappa shape index (κ2) is 6.50. The van der Waals surface area contributed by atoms with Crippen LogP contribution in [-0.4, -0.2) is 32.2 Å². The molecule has 2 aromatic heterocycles. The summed E-state index contributed by atoms with van der Waals surface area (Å²) < 4.78 is 7.63. The maximum Gasteiger partial charge on any atom is 0.328 e. The van der Waals surface area contributed by atoms with Gasteiger partial charge in [-0.15, -0.1) is 0 Å². The molecule has 26 heavy (non-hydrogen) atoms. The van der Waals surface area contributed by atoms with Gasteiger partial charge in [0.15, 0.2) is 11.3 Å². The molecular weight excluding hydrogens is 328 g/mol. The van der Waals surface area contributed by atoms with Crippen LogP contribution >= 0.6 is 0 Å². The van der Waals surface area contributed by atoms with E-state index < -0.39 is 5.60 Å². The van der Waals surface area contributed by atoms with E-state index in [-0.39, 0.29) is 22.9 Å². The molecule has 1 aliphatic rings. The van der Waals surface area contributed by atoms with Crippen molar-refractivity contribution in [2.24, 2.45) is 11.3 Å². The molecule has 0 saturated heterocycles. The average molecular weight is 356 g/mol. The van der Waals surface area contributed by atoms with Crippen LogP contribution in [0.25, 0.3) is 11.3 Å². The van der Waals surface area contributed by atoms with Gasteiger partial charge in [0.1, 0.15) is 5.60 Å². The molecule has 2 heterocycles. The minimum Gasteiger partial charge on any atom is -0.373 e. The van der Waals surface area contributed by atoms with Crippen molar-refractivity contribution in [3.05, 3.63) is 46.7 Å². The first-order chi connectivity index (χ1) is 12.2. The van der Waals surface area contributed by atoms with Crippen molar-refractivity contribution in [3.8, 4) is 0 Å². The number of nitrogens with zero attached hydrogens (tertiary/aromatic N) is 3. The number of aromatic amines is 1. The van der Waals surface area contributed by atoms with E-state index in [1.807, 2.05) is 12.2 Å². The third-order valence-corrected chi connectivity index (χ3v) is 4.96. The number of nitrogens with one attached hydrogen (secondary N) is 1. The molecule has 0 radical (unpaired) electrons. The molecule has 2 aromatic rings. The number of hydrogen-bond acceptors (Lipinski definition) is 4. The number of imidazole rings is 1. The molecule has 2 unspecified atom stereocenters. The number of rotatable bonds is 4. The third-order valence-electron chi connectivity index (χ3n) is 4.96. The summed E-state index contributed by atoms with van der Waals surface area (Å²) in [5.74, 6) is 0.182. The van der Waals surface area contributed by atoms with Crippen molar-refractivity contribution in [2.45, 2.75) is 52.7 Å². The van der Waals surface area contributed by atoms with Gasteiger partial charge in [-0.3, -0.25) is 9.55 Å². The zero-order valence-corrected chi connectivity index (χ0v) is 16.4. The Kier molecular flexibility index (Phi) is 4.65. The van der Waals surface area contributed by atoms with Crippen molar-refractivity contribution in [1.29, 1.82) is 0 Å². The molecule has 6 nitrogen and oxygen atoms in total. The van der Waals surface area contributed by atoms with Gasteiger partial charge in [-0.05, 0) is 11.3 Å². The summed E-state index contributed by atoms with van der Waals surface area (Å²) in [5.41, 5.74) is 1.22. The second-order valence-corrected chi connectivity index (χ2v) is 8.48. The molecule has 0 saturated carbocycles. The van der Waals surface area contributed by atoms with Gasteiger partial charge in [0.2, 0.25) is 0 Å². The van der Waals surface area contributed by atoms with Gasteiger partial charge in [-0.2, -0.15) is 0 Å². The number of hydrogen-bond donors (Lipinski definition) is 1. The van der Waals surface area contributed by atoms with Crippen molar-refractivity contribution in [1.82, 2.24) is 19.5 Å². The quantitative estimate of drug-likeness (QED) is 0.911. The van der Waals surface area contributed by atoms with Crippen LogP contribution in [0.15, 0.2) is 35.3 Å². The lowest BCUT2D eigenvalue weighted by Gasteiger charge is -2.40. The maximum absolute atomic E-state index is 12.4. The van der Waals surface area contributed by atoms with Crippen LogP contribution in [0.4, 0.5) is 0 Å². The van der Waals surface area contributed by atoms with Crippen LogP contribution in [0.5, 0.6) is 0 Å². The molecule has 0 bridgehead atoms. The van der Waals surface area contributed by atoms with Crippen molar-refractivity contribution < 1.29 is 4.74 Å². The fourth-order valence-corrected chi connectivity index (χ4v) is 3.65. The first-order valence-corrected chi connectivity index (χ1v) is 9.04. The molecule has 0 aliphatic heterocycles. The molecule has 1 N–H and O–H groups in total. The summed E-state index contributed by atoms with van der Waals surface area (Å²) in [7, 11) is 1.73. The SMILES string of the molecule is COC1(C(C)C)C=CC=CC1c1cnc2[nH]c(=O)n(CC(C)(C)C)c2n1. The normalized spacial score (nSPS) is 23.3. The van der Waals surface area contributed by atoms with Gasteiger partial charge < -0.3 is 4.74 Å². The Balaban J connectivity index is 2.14. The standard InChI is InChI=1S/C20H28N4O2/c1-13(2)20(26-6)10-8-7-9-14(20)15-11-21-16-17(22-15)24(18(25)23-16)12-19(3,4)5/h7-11,13-14H,12H2,1-6H3,(H,21,23,25). The number of allylic oxidation sites excluding steroid dienone is 2. The zero-order valence-electron chi connectivity index (χ0n) is 16.4. The Labute approximate surface area is 154 Å². The van der Waals surface area contributed by atoms with Crippen LogP contribution in [-0.2, 0) is 11.3 Å². The predicted octanol–water partition coefficient (Wildman–Crippen LogP) is 3.42. The lowest BCUT2D eigenvalue weighted by atomic mass is 9.74. The molecule has 6 heteroatoms. The Bertz CT molecular complexity index is 914. The molecule has 0 amide bonds. The minimum absolute atomic E-state index is 0.0433. The summed E-state index contributed by atoms with van der Waals surface area (Å²) in [6, 6.07) is 0. The van der Waals surface area contributed by atoms with Crippen LogP contribution in [0, 0.1) is 11.3 Å². The Morgan fingerprint density at radius 1 is 1.35 bits per heavy atom. The van der Waals surface area contributed by atoms with Gasteiger partial charge in [-0.1, -0.05) is 58.9 Å². The van der Waals surface area contributed by atoms with Crippen LogP contribution in [0.1, 0.15) is 46.2 Å². The van der Waals surface area contributed by atoms with Crippen LogP contribution in [0.2, 0.25) is 0 Å². The van der Waals surface area contributed by atoms with Crippen LogP contribution < -0.4 is 5.69 Å². The number of ether oxygens (including phenoxy) is 1. The number of H-pyrrole nitrogens is 1. The van der Waals surface area contributed by atoms with Crippen molar-refractivity contribution in [2.75, 3.05) is 7.11 Å². The molecule has 0 aromatic carbocycles. The Morgan fingerprint density at radius 3 is 2.69 bits per heavy atom. The van der Waals surface area contributed by atoms with Gasteiger partial charge in [0, 0.05) is 13.7 Å². The summed E-state index contributed by atoms with van der Waals surface area (Å²) in [6.07, 6.45) is 9.95. The highest BCUT2D eigenvalue weighted by molar-refractivity contribution is 5.65. The van der Waals surface area contributed by atoms with E-state index in [1.54, 1.807) is 17.9 Å². The fourth-order valence-electron chi connectivity index (χ4n) is 3.65. The van der Waals surface area contributed by atoms with Crippen LogP contribution in [0.3, 0.4) is 0 Å². The highest BCUT2D eigenvalue weighted by Crippen LogP contribution is 2.40. The van der Waals surface area contributed by atoms with E-state index in [0.29, 0.717) is 17.8 Å². The van der Waals surface area contributed by atoms with Crippen molar-refractivity contribution >= 4 is 11.3 Å². The number of aromatic nitrogens is 4. The first kappa shape index (κ1) is 18.6. The lowest BCUT2D eigenvalue weighted by Crippen LogP contribution is -2.42. The summed E-state index contributed by atoms with van der Waals surface area (Å²) >= 11 is 0. The molecule has 0 spiro atoms. The Hall–Kier alpha value is -2.21. The van der Waals surface area contributed by atoms with Gasteiger partial charge in [-0.25, -0.2) is 14.8 Å². The number of methoxy groups -OCH3 is 1. The third kappa shape index (κ3) is 3.14. The van der Waals surface area contributed by atoms with Gasteiger partial charge >= 0.3 is 5.69 Å².